The highest BCUT2D eigenvalue weighted by Gasteiger charge is 2.59. The maximum absolute atomic E-state index is 15.6. The Morgan fingerprint density at radius 1 is 0.721 bits per heavy atom. The predicted molar refractivity (Wildman–Crippen MR) is 227 cm³/mol. The van der Waals surface area contributed by atoms with Crippen LogP contribution in [-0.2, 0) is 56.5 Å². The lowest BCUT2D eigenvalue weighted by Crippen LogP contribution is -2.69. The number of hydrogen-bond acceptors (Lipinski definition) is 9. The molecule has 318 valence electrons. The van der Waals surface area contributed by atoms with Gasteiger partial charge in [0.1, 0.15) is 29.9 Å². The molecule has 5 aromatic carbocycles. The van der Waals surface area contributed by atoms with Crippen molar-refractivity contribution in [2.45, 2.75) is 95.5 Å². The van der Waals surface area contributed by atoms with Crippen LogP contribution in [0.15, 0.2) is 140 Å². The van der Waals surface area contributed by atoms with Crippen molar-refractivity contribution in [1.29, 1.82) is 0 Å². The lowest BCUT2D eigenvalue weighted by molar-refractivity contribution is -0.436. The monoisotopic (exact) mass is 828 g/mol. The minimum atomic E-state index is -2.50. The van der Waals surface area contributed by atoms with Crippen LogP contribution in [0.2, 0.25) is 0 Å². The molecule has 0 unspecified atom stereocenters. The maximum atomic E-state index is 15.6. The highest BCUT2D eigenvalue weighted by Crippen LogP contribution is 2.41. The summed E-state index contributed by atoms with van der Waals surface area (Å²) in [7, 11) is 1.50. The molecule has 0 bridgehead atoms. The summed E-state index contributed by atoms with van der Waals surface area (Å²) in [5.41, 5.74) is 5.52. The molecule has 1 saturated heterocycles. The molecular weight excluding hydrogens is 776 g/mol. The van der Waals surface area contributed by atoms with Gasteiger partial charge >= 0.3 is 5.97 Å². The number of hydrogen-bond donors (Lipinski definition) is 1. The third-order valence-corrected chi connectivity index (χ3v) is 11.4. The molecule has 11 heteroatoms. The predicted octanol–water partition coefficient (Wildman–Crippen LogP) is 9.05. The van der Waals surface area contributed by atoms with Crippen molar-refractivity contribution < 1.29 is 42.7 Å². The van der Waals surface area contributed by atoms with Crippen molar-refractivity contribution in [2.24, 2.45) is 0 Å². The Hall–Kier alpha value is -5.40. The topological polar surface area (TPSA) is 103 Å². The van der Waals surface area contributed by atoms with Crippen LogP contribution in [0.1, 0.15) is 64.4 Å². The van der Waals surface area contributed by atoms with E-state index >= 15 is 4.39 Å². The summed E-state index contributed by atoms with van der Waals surface area (Å²) in [5.74, 6) is -2.41. The summed E-state index contributed by atoms with van der Waals surface area (Å²) in [6.45, 7) is 2.73. The Kier molecular flexibility index (Phi) is 13.9. The second-order valence-corrected chi connectivity index (χ2v) is 15.7. The quantitative estimate of drug-likeness (QED) is 0.0802. The molecule has 1 N–H and O–H groups in total. The Morgan fingerprint density at radius 2 is 1.26 bits per heavy atom. The third kappa shape index (κ3) is 10.4. The van der Waals surface area contributed by atoms with E-state index in [0.29, 0.717) is 16.9 Å². The minimum absolute atomic E-state index is 0.0100. The second kappa shape index (κ2) is 20.0. The molecule has 2 heterocycles. The van der Waals surface area contributed by atoms with Gasteiger partial charge in [-0.05, 0) is 60.1 Å². The van der Waals surface area contributed by atoms with Gasteiger partial charge in [-0.3, -0.25) is 4.68 Å². The summed E-state index contributed by atoms with van der Waals surface area (Å²) in [5, 5.41) is 18.1. The van der Waals surface area contributed by atoms with Crippen LogP contribution < -0.4 is 9.47 Å². The molecule has 1 saturated carbocycles. The number of nitrogens with zero attached hydrogens (tertiary/aromatic N) is 2. The smallest absolute Gasteiger partial charge is 0.356 e. The van der Waals surface area contributed by atoms with E-state index in [1.54, 1.807) is 12.1 Å². The highest BCUT2D eigenvalue weighted by atomic mass is 19.1. The van der Waals surface area contributed by atoms with E-state index in [9.17, 15) is 5.11 Å². The third-order valence-electron chi connectivity index (χ3n) is 11.4. The molecule has 1 aromatic heterocycles. The van der Waals surface area contributed by atoms with Gasteiger partial charge < -0.3 is 38.3 Å². The molecule has 2 fully saturated rings. The van der Waals surface area contributed by atoms with Crippen LogP contribution in [0.5, 0.6) is 11.6 Å². The number of rotatable bonds is 19. The van der Waals surface area contributed by atoms with E-state index in [0.717, 1.165) is 47.2 Å². The average molecular weight is 829 g/mol. The van der Waals surface area contributed by atoms with Crippen LogP contribution in [-0.4, -0.2) is 59.0 Å². The molecule has 1 aliphatic heterocycles. The lowest BCUT2D eigenvalue weighted by atomic mass is 9.93. The minimum Gasteiger partial charge on any atom is -0.497 e. The first kappa shape index (κ1) is 42.3. The molecule has 8 rings (SSSR count). The summed E-state index contributed by atoms with van der Waals surface area (Å²) in [6.07, 6.45) is -0.900. The number of halogens is 1. The van der Waals surface area contributed by atoms with Gasteiger partial charge in [0, 0.05) is 23.7 Å². The largest absolute Gasteiger partial charge is 0.497 e. The fourth-order valence-corrected chi connectivity index (χ4v) is 7.82. The Balaban J connectivity index is 1.20. The van der Waals surface area contributed by atoms with E-state index in [4.69, 9.17) is 38.3 Å². The maximum Gasteiger partial charge on any atom is 0.356 e. The molecule has 0 amide bonds. The fourth-order valence-electron chi connectivity index (χ4n) is 7.82. The fraction of sp³-hybridized carbons (Fsp3) is 0.340. The van der Waals surface area contributed by atoms with Crippen molar-refractivity contribution in [2.75, 3.05) is 13.7 Å². The second-order valence-electron chi connectivity index (χ2n) is 15.7. The molecule has 5 atom stereocenters. The van der Waals surface area contributed by atoms with Crippen LogP contribution in [0.25, 0.3) is 0 Å². The first-order valence-electron chi connectivity index (χ1n) is 20.9. The summed E-state index contributed by atoms with van der Waals surface area (Å²) in [4.78, 5) is 0. The van der Waals surface area contributed by atoms with E-state index < -0.39 is 36.2 Å². The number of aromatic nitrogens is 2. The summed E-state index contributed by atoms with van der Waals surface area (Å²) in [6, 6.07) is 44.0. The Labute approximate surface area is 356 Å². The number of benzene rings is 5. The van der Waals surface area contributed by atoms with Crippen molar-refractivity contribution in [3.63, 3.8) is 0 Å². The van der Waals surface area contributed by atoms with Gasteiger partial charge in [-0.25, -0.2) is 4.39 Å². The van der Waals surface area contributed by atoms with Gasteiger partial charge in [0.15, 0.2) is 6.10 Å². The zero-order chi connectivity index (χ0) is 42.0. The van der Waals surface area contributed by atoms with Crippen LogP contribution in [0.4, 0.5) is 4.39 Å². The molecule has 0 spiro atoms. The molecule has 0 radical (unpaired) electrons. The van der Waals surface area contributed by atoms with Crippen molar-refractivity contribution in [1.82, 2.24) is 9.78 Å². The van der Waals surface area contributed by atoms with E-state index in [1.807, 2.05) is 133 Å². The van der Waals surface area contributed by atoms with E-state index in [2.05, 4.69) is 0 Å². The average Bonchev–Trinajstić information content (AvgIpc) is 3.55. The lowest BCUT2D eigenvalue weighted by Gasteiger charge is -2.49. The van der Waals surface area contributed by atoms with Gasteiger partial charge in [-0.1, -0.05) is 127 Å². The molecule has 1 aliphatic carbocycles. The highest BCUT2D eigenvalue weighted by molar-refractivity contribution is 5.39. The summed E-state index contributed by atoms with van der Waals surface area (Å²) < 4.78 is 63.0. The normalized spacial score (nSPS) is 21.5. The van der Waals surface area contributed by atoms with Crippen molar-refractivity contribution in [3.8, 4) is 11.6 Å². The number of methoxy groups -OCH3 is 1. The van der Waals surface area contributed by atoms with Gasteiger partial charge in [0.05, 0.1) is 46.2 Å². The number of aliphatic hydroxyl groups is 1. The van der Waals surface area contributed by atoms with Gasteiger partial charge in [0.2, 0.25) is 5.88 Å². The summed E-state index contributed by atoms with van der Waals surface area (Å²) >= 11 is 0. The zero-order valence-electron chi connectivity index (χ0n) is 34.6. The molecule has 2 aliphatic rings. The van der Waals surface area contributed by atoms with Crippen molar-refractivity contribution in [3.05, 3.63) is 184 Å². The van der Waals surface area contributed by atoms with E-state index in [-0.39, 0.29) is 51.4 Å². The Bertz CT molecular complexity index is 2280. The van der Waals surface area contributed by atoms with Crippen LogP contribution in [0.3, 0.4) is 0 Å². The van der Waals surface area contributed by atoms with Gasteiger partial charge in [0.25, 0.3) is 0 Å². The van der Waals surface area contributed by atoms with Crippen molar-refractivity contribution >= 4 is 0 Å². The standard InChI is InChI=1S/C50H53FN2O8/c1-35-43(28-40-26-27-42(55-2)29-44(40)51)49(52-53(35)41-24-15-25-41)61-50(54)48(59-33-39-22-13-6-14-23-39)47(58-32-38-20-11-5-12-21-38)46(57-31-37-18-9-4-10-19-37)45(60-50)34-56-30-36-16-7-3-8-17-36/h3-14,16-23,26-27,29,41,45-48,54H,15,24-25,28,30-34H2,1-2H3/t45-,46-,47+,48-,50-/m1/s1. The first-order valence-corrected chi connectivity index (χ1v) is 20.9. The SMILES string of the molecule is COc1ccc(Cc2c(O[C@]3(O)O[C@H](COCc4ccccc4)[C@@H](OCc4ccccc4)[C@H](OCc4ccccc4)[C@H]3OCc3ccccc3)nn(C3CCC3)c2C)c(F)c1. The van der Waals surface area contributed by atoms with E-state index in [1.165, 1.54) is 13.2 Å². The molecule has 61 heavy (non-hydrogen) atoms. The first-order chi connectivity index (χ1) is 29.9. The van der Waals surface area contributed by atoms with Gasteiger partial charge in [-0.15, -0.1) is 5.10 Å². The Morgan fingerprint density at radius 3 is 1.79 bits per heavy atom. The van der Waals surface area contributed by atoms with Crippen LogP contribution in [0, 0.1) is 12.7 Å². The van der Waals surface area contributed by atoms with Gasteiger partial charge in [-0.2, -0.15) is 0 Å². The molecule has 10 nitrogen and oxygen atoms in total. The van der Waals surface area contributed by atoms with Crippen LogP contribution >= 0.6 is 0 Å². The molecular formula is C50H53FN2O8. The zero-order valence-corrected chi connectivity index (χ0v) is 34.6. The number of ether oxygens (including phenoxy) is 7. The molecule has 6 aromatic rings.